The van der Waals surface area contributed by atoms with Crippen molar-refractivity contribution in [2.24, 2.45) is 0 Å². The number of rotatable bonds is 4. The SMILES string of the molecule is Cc1c(C(=O)Nc2ccc([C@H]3CNCCO3)cc2)cnn1-c1ccc(C#N)cc1. The summed E-state index contributed by atoms with van der Waals surface area (Å²) in [5.74, 6) is -0.217. The van der Waals surface area contributed by atoms with Crippen LogP contribution in [0.4, 0.5) is 5.69 Å². The van der Waals surface area contributed by atoms with Gasteiger partial charge < -0.3 is 15.4 Å². The highest BCUT2D eigenvalue weighted by molar-refractivity contribution is 6.05. The van der Waals surface area contributed by atoms with E-state index in [-0.39, 0.29) is 12.0 Å². The van der Waals surface area contributed by atoms with Crippen LogP contribution in [0, 0.1) is 18.3 Å². The first-order valence-corrected chi connectivity index (χ1v) is 9.44. The molecule has 0 aliphatic carbocycles. The minimum Gasteiger partial charge on any atom is -0.371 e. The Morgan fingerprint density at radius 2 is 2.00 bits per heavy atom. The number of carbonyl (C=O) groups excluding carboxylic acids is 1. The molecule has 1 aromatic heterocycles. The Bertz CT molecular complexity index is 1040. The highest BCUT2D eigenvalue weighted by Gasteiger charge is 2.17. The molecule has 2 N–H and O–H groups in total. The summed E-state index contributed by atoms with van der Waals surface area (Å²) in [6.07, 6.45) is 1.60. The summed E-state index contributed by atoms with van der Waals surface area (Å²) < 4.78 is 7.44. The lowest BCUT2D eigenvalue weighted by Gasteiger charge is -2.24. The minimum atomic E-state index is -0.217. The second-order valence-corrected chi connectivity index (χ2v) is 6.85. The van der Waals surface area contributed by atoms with Crippen molar-refractivity contribution in [2.75, 3.05) is 25.0 Å². The van der Waals surface area contributed by atoms with Crippen LogP contribution in [-0.2, 0) is 4.74 Å². The van der Waals surface area contributed by atoms with Crippen LogP contribution < -0.4 is 10.6 Å². The average molecular weight is 387 g/mol. The Hall–Kier alpha value is -3.47. The molecule has 1 saturated heterocycles. The maximum atomic E-state index is 12.7. The van der Waals surface area contributed by atoms with E-state index in [1.807, 2.05) is 31.2 Å². The monoisotopic (exact) mass is 387 g/mol. The molecular formula is C22H21N5O2. The van der Waals surface area contributed by atoms with E-state index in [1.165, 1.54) is 0 Å². The molecule has 0 spiro atoms. The molecule has 3 aromatic rings. The molecule has 7 nitrogen and oxygen atoms in total. The van der Waals surface area contributed by atoms with Gasteiger partial charge in [-0.2, -0.15) is 10.4 Å². The van der Waals surface area contributed by atoms with Crippen LogP contribution in [0.1, 0.15) is 33.3 Å². The van der Waals surface area contributed by atoms with E-state index >= 15 is 0 Å². The third-order valence-corrected chi connectivity index (χ3v) is 4.96. The van der Waals surface area contributed by atoms with Crippen molar-refractivity contribution in [3.8, 4) is 11.8 Å². The topological polar surface area (TPSA) is 92.0 Å². The van der Waals surface area contributed by atoms with Gasteiger partial charge in [-0.05, 0) is 48.9 Å². The van der Waals surface area contributed by atoms with Crippen LogP contribution >= 0.6 is 0 Å². The van der Waals surface area contributed by atoms with Crippen molar-refractivity contribution in [1.82, 2.24) is 15.1 Å². The van der Waals surface area contributed by atoms with Crippen molar-refractivity contribution >= 4 is 11.6 Å². The highest BCUT2D eigenvalue weighted by Crippen LogP contribution is 2.22. The quantitative estimate of drug-likeness (QED) is 0.718. The maximum Gasteiger partial charge on any atom is 0.259 e. The average Bonchev–Trinajstić information content (AvgIpc) is 3.16. The smallest absolute Gasteiger partial charge is 0.259 e. The van der Waals surface area contributed by atoms with Crippen molar-refractivity contribution in [3.63, 3.8) is 0 Å². The molecule has 7 heteroatoms. The van der Waals surface area contributed by atoms with Crippen molar-refractivity contribution in [3.05, 3.63) is 77.1 Å². The first-order valence-electron chi connectivity index (χ1n) is 9.44. The molecule has 1 aliphatic rings. The molecule has 0 unspecified atom stereocenters. The van der Waals surface area contributed by atoms with Gasteiger partial charge in [-0.1, -0.05) is 12.1 Å². The fraction of sp³-hybridized carbons (Fsp3) is 0.227. The molecule has 0 saturated carbocycles. The fourth-order valence-electron chi connectivity index (χ4n) is 3.33. The number of carbonyl (C=O) groups is 1. The third kappa shape index (κ3) is 4.04. The van der Waals surface area contributed by atoms with Crippen LogP contribution in [0.3, 0.4) is 0 Å². The number of nitrogens with zero attached hydrogens (tertiary/aromatic N) is 3. The Kier molecular flexibility index (Phi) is 5.38. The summed E-state index contributed by atoms with van der Waals surface area (Å²) in [7, 11) is 0. The van der Waals surface area contributed by atoms with Gasteiger partial charge >= 0.3 is 0 Å². The van der Waals surface area contributed by atoms with E-state index in [2.05, 4.69) is 21.8 Å². The Morgan fingerprint density at radius 3 is 2.66 bits per heavy atom. The van der Waals surface area contributed by atoms with Crippen LogP contribution in [0.2, 0.25) is 0 Å². The lowest BCUT2D eigenvalue weighted by Crippen LogP contribution is -2.33. The third-order valence-electron chi connectivity index (χ3n) is 4.96. The van der Waals surface area contributed by atoms with E-state index in [9.17, 15) is 4.79 Å². The molecule has 1 atom stereocenters. The van der Waals surface area contributed by atoms with Gasteiger partial charge in [0.25, 0.3) is 5.91 Å². The van der Waals surface area contributed by atoms with Crippen LogP contribution in [0.15, 0.2) is 54.7 Å². The largest absolute Gasteiger partial charge is 0.371 e. The standard InChI is InChI=1S/C22H21N5O2/c1-15-20(13-25-27(15)19-8-2-16(12-23)3-9-19)22(28)26-18-6-4-17(5-7-18)21-14-24-10-11-29-21/h2-9,13,21,24H,10-11,14H2,1H3,(H,26,28)/t21-/m1/s1. The van der Waals surface area contributed by atoms with Crippen LogP contribution in [0.25, 0.3) is 5.69 Å². The molecule has 4 rings (SSSR count). The van der Waals surface area contributed by atoms with Crippen molar-refractivity contribution in [1.29, 1.82) is 5.26 Å². The summed E-state index contributed by atoms with van der Waals surface area (Å²) in [6, 6.07) is 16.9. The van der Waals surface area contributed by atoms with Gasteiger partial charge in [0.05, 0.1) is 47.5 Å². The first kappa shape index (κ1) is 18.9. The highest BCUT2D eigenvalue weighted by atomic mass is 16.5. The molecular weight excluding hydrogens is 366 g/mol. The lowest BCUT2D eigenvalue weighted by molar-refractivity contribution is 0.0277. The van der Waals surface area contributed by atoms with E-state index < -0.39 is 0 Å². The van der Waals surface area contributed by atoms with E-state index in [0.717, 1.165) is 30.0 Å². The molecule has 1 aliphatic heterocycles. The van der Waals surface area contributed by atoms with Crippen molar-refractivity contribution in [2.45, 2.75) is 13.0 Å². The number of amides is 1. The Labute approximate surface area is 168 Å². The fourth-order valence-corrected chi connectivity index (χ4v) is 3.33. The second-order valence-electron chi connectivity index (χ2n) is 6.85. The zero-order chi connectivity index (χ0) is 20.2. The minimum absolute atomic E-state index is 0.0430. The number of ether oxygens (including phenoxy) is 1. The zero-order valence-corrected chi connectivity index (χ0v) is 16.1. The van der Waals surface area contributed by atoms with Gasteiger partial charge in [0.15, 0.2) is 0 Å². The number of morpholine rings is 1. The maximum absolute atomic E-state index is 12.7. The number of hydrogen-bond acceptors (Lipinski definition) is 5. The molecule has 2 heterocycles. The van der Waals surface area contributed by atoms with E-state index in [0.29, 0.717) is 23.4 Å². The lowest BCUT2D eigenvalue weighted by atomic mass is 10.1. The number of hydrogen-bond donors (Lipinski definition) is 2. The number of anilines is 1. The van der Waals surface area contributed by atoms with Crippen LogP contribution in [-0.4, -0.2) is 35.4 Å². The van der Waals surface area contributed by atoms with Gasteiger partial charge in [-0.3, -0.25) is 4.79 Å². The van der Waals surface area contributed by atoms with Gasteiger partial charge in [0.1, 0.15) is 0 Å². The summed E-state index contributed by atoms with van der Waals surface area (Å²) in [4.78, 5) is 12.7. The number of aromatic nitrogens is 2. The Balaban J connectivity index is 1.47. The normalized spacial score (nSPS) is 16.2. The Morgan fingerprint density at radius 1 is 1.24 bits per heavy atom. The molecule has 29 heavy (non-hydrogen) atoms. The summed E-state index contributed by atoms with van der Waals surface area (Å²) >= 11 is 0. The molecule has 1 fully saturated rings. The number of nitrogens with one attached hydrogen (secondary N) is 2. The number of nitriles is 1. The molecule has 0 radical (unpaired) electrons. The van der Waals surface area contributed by atoms with Gasteiger partial charge in [0, 0.05) is 18.8 Å². The molecule has 0 bridgehead atoms. The predicted octanol–water partition coefficient (Wildman–Crippen LogP) is 2.97. The van der Waals surface area contributed by atoms with E-state index in [1.54, 1.807) is 35.1 Å². The van der Waals surface area contributed by atoms with Gasteiger partial charge in [-0.25, -0.2) is 4.68 Å². The predicted molar refractivity (Wildman–Crippen MR) is 109 cm³/mol. The number of benzene rings is 2. The molecule has 146 valence electrons. The van der Waals surface area contributed by atoms with Crippen molar-refractivity contribution < 1.29 is 9.53 Å². The van der Waals surface area contributed by atoms with Gasteiger partial charge in [-0.15, -0.1) is 0 Å². The van der Waals surface area contributed by atoms with Crippen LogP contribution in [0.5, 0.6) is 0 Å². The molecule has 2 aromatic carbocycles. The first-order chi connectivity index (χ1) is 14.2. The summed E-state index contributed by atoms with van der Waals surface area (Å²) in [5.41, 5.74) is 4.40. The second kappa shape index (κ2) is 8.27. The van der Waals surface area contributed by atoms with Gasteiger partial charge in [0.2, 0.25) is 0 Å². The summed E-state index contributed by atoms with van der Waals surface area (Å²) in [6.45, 7) is 4.21. The summed E-state index contributed by atoms with van der Waals surface area (Å²) in [5, 5.41) is 19.5. The van der Waals surface area contributed by atoms with E-state index in [4.69, 9.17) is 10.00 Å². The zero-order valence-electron chi connectivity index (χ0n) is 16.1. The molecule has 1 amide bonds.